The van der Waals surface area contributed by atoms with E-state index in [1.165, 1.54) is 25.7 Å². The van der Waals surface area contributed by atoms with Gasteiger partial charge in [0.1, 0.15) is 0 Å². The minimum absolute atomic E-state index is 0.707. The predicted molar refractivity (Wildman–Crippen MR) is 64.2 cm³/mol. The summed E-state index contributed by atoms with van der Waals surface area (Å²) in [7, 11) is 0. The fraction of sp³-hybridized carbons (Fsp3) is 0.846. The number of hydrogen-bond acceptors (Lipinski definition) is 1. The molecule has 1 heteroatoms. The average Bonchev–Trinajstić information content (AvgIpc) is 2.12. The van der Waals surface area contributed by atoms with Gasteiger partial charge in [0.2, 0.25) is 0 Å². The molecule has 0 rings (SSSR count). The van der Waals surface area contributed by atoms with E-state index in [-0.39, 0.29) is 0 Å². The van der Waals surface area contributed by atoms with E-state index in [0.29, 0.717) is 6.54 Å². The lowest BCUT2D eigenvalue weighted by atomic mass is 9.97. The van der Waals surface area contributed by atoms with Gasteiger partial charge in [0.05, 0.1) is 6.54 Å². The second-order valence-electron chi connectivity index (χ2n) is 4.60. The zero-order valence-corrected chi connectivity index (χ0v) is 9.97. The average molecular weight is 195 g/mol. The van der Waals surface area contributed by atoms with Gasteiger partial charge in [-0.2, -0.15) is 0 Å². The number of nitrogens with one attached hydrogen (secondary N) is 1. The Kier molecular flexibility index (Phi) is 8.78. The first-order valence-electron chi connectivity index (χ1n) is 5.81. The van der Waals surface area contributed by atoms with Gasteiger partial charge in [-0.3, -0.25) is 0 Å². The van der Waals surface area contributed by atoms with Crippen molar-refractivity contribution in [1.29, 1.82) is 0 Å². The molecule has 1 nitrogen and oxygen atoms in total. The van der Waals surface area contributed by atoms with Gasteiger partial charge >= 0.3 is 0 Å². The lowest BCUT2D eigenvalue weighted by Crippen LogP contribution is -2.17. The van der Waals surface area contributed by atoms with Crippen molar-refractivity contribution in [2.24, 2.45) is 11.8 Å². The van der Waals surface area contributed by atoms with E-state index >= 15 is 0 Å². The zero-order valence-electron chi connectivity index (χ0n) is 9.97. The Morgan fingerprint density at radius 1 is 1.14 bits per heavy atom. The van der Waals surface area contributed by atoms with Crippen molar-refractivity contribution in [2.45, 2.75) is 46.5 Å². The molecule has 0 heterocycles. The van der Waals surface area contributed by atoms with Crippen molar-refractivity contribution >= 4 is 0 Å². The van der Waals surface area contributed by atoms with Crippen LogP contribution in [0.2, 0.25) is 0 Å². The fourth-order valence-electron chi connectivity index (χ4n) is 1.53. The van der Waals surface area contributed by atoms with Crippen molar-refractivity contribution in [1.82, 2.24) is 5.32 Å². The molecule has 0 aliphatic carbocycles. The highest BCUT2D eigenvalue weighted by Crippen LogP contribution is 2.14. The van der Waals surface area contributed by atoms with E-state index in [1.54, 1.807) is 0 Å². The van der Waals surface area contributed by atoms with Gasteiger partial charge in [-0.05, 0) is 24.8 Å². The second-order valence-corrected chi connectivity index (χ2v) is 4.60. The first kappa shape index (κ1) is 13.5. The molecule has 0 fully saturated rings. The summed E-state index contributed by atoms with van der Waals surface area (Å²) < 4.78 is 0. The SMILES string of the molecule is C#CCNCCC(C)CCCC(C)C. The first-order chi connectivity index (χ1) is 6.66. The number of rotatable bonds is 8. The van der Waals surface area contributed by atoms with Crippen LogP contribution in [0.15, 0.2) is 0 Å². The molecule has 0 radical (unpaired) electrons. The molecule has 0 aliphatic heterocycles. The Labute approximate surface area is 89.7 Å². The van der Waals surface area contributed by atoms with Crippen LogP contribution in [0.3, 0.4) is 0 Å². The van der Waals surface area contributed by atoms with Crippen LogP contribution in [0.5, 0.6) is 0 Å². The molecule has 0 aromatic heterocycles. The third-order valence-corrected chi connectivity index (χ3v) is 2.52. The van der Waals surface area contributed by atoms with Crippen molar-refractivity contribution < 1.29 is 0 Å². The Bertz CT molecular complexity index is 155. The van der Waals surface area contributed by atoms with E-state index in [1.807, 2.05) is 0 Å². The highest BCUT2D eigenvalue weighted by atomic mass is 14.8. The monoisotopic (exact) mass is 195 g/mol. The third-order valence-electron chi connectivity index (χ3n) is 2.52. The van der Waals surface area contributed by atoms with Gasteiger partial charge in [0.15, 0.2) is 0 Å². The van der Waals surface area contributed by atoms with E-state index in [2.05, 4.69) is 32.0 Å². The first-order valence-corrected chi connectivity index (χ1v) is 5.81. The molecule has 0 aromatic rings. The molecule has 14 heavy (non-hydrogen) atoms. The Morgan fingerprint density at radius 2 is 1.86 bits per heavy atom. The van der Waals surface area contributed by atoms with Gasteiger partial charge in [-0.25, -0.2) is 0 Å². The minimum atomic E-state index is 0.707. The summed E-state index contributed by atoms with van der Waals surface area (Å²) in [6, 6.07) is 0. The van der Waals surface area contributed by atoms with Gasteiger partial charge in [0.25, 0.3) is 0 Å². The minimum Gasteiger partial charge on any atom is -0.306 e. The van der Waals surface area contributed by atoms with Crippen LogP contribution in [-0.4, -0.2) is 13.1 Å². The lowest BCUT2D eigenvalue weighted by molar-refractivity contribution is 0.430. The molecule has 0 aliphatic rings. The number of hydrogen-bond donors (Lipinski definition) is 1. The summed E-state index contributed by atoms with van der Waals surface area (Å²) in [5.41, 5.74) is 0. The van der Waals surface area contributed by atoms with E-state index < -0.39 is 0 Å². The predicted octanol–water partition coefficient (Wildman–Crippen LogP) is 3.06. The Morgan fingerprint density at radius 3 is 2.43 bits per heavy atom. The van der Waals surface area contributed by atoms with Crippen LogP contribution in [0, 0.1) is 24.2 Å². The molecule has 1 atom stereocenters. The van der Waals surface area contributed by atoms with Crippen molar-refractivity contribution in [3.8, 4) is 12.3 Å². The highest BCUT2D eigenvalue weighted by Gasteiger charge is 2.02. The maximum atomic E-state index is 5.15. The van der Waals surface area contributed by atoms with Crippen molar-refractivity contribution in [2.75, 3.05) is 13.1 Å². The summed E-state index contributed by atoms with van der Waals surface area (Å²) in [5, 5.41) is 3.23. The Hall–Kier alpha value is -0.480. The molecule has 0 spiro atoms. The van der Waals surface area contributed by atoms with Crippen LogP contribution in [0.4, 0.5) is 0 Å². The molecule has 1 N–H and O–H groups in total. The molecule has 1 unspecified atom stereocenters. The van der Waals surface area contributed by atoms with Crippen LogP contribution in [0.25, 0.3) is 0 Å². The maximum absolute atomic E-state index is 5.15. The second kappa shape index (κ2) is 9.09. The van der Waals surface area contributed by atoms with Crippen molar-refractivity contribution in [3.63, 3.8) is 0 Å². The third kappa shape index (κ3) is 9.61. The van der Waals surface area contributed by atoms with E-state index in [4.69, 9.17) is 6.42 Å². The van der Waals surface area contributed by atoms with Gasteiger partial charge in [-0.15, -0.1) is 6.42 Å². The molecular weight excluding hydrogens is 170 g/mol. The topological polar surface area (TPSA) is 12.0 Å². The maximum Gasteiger partial charge on any atom is 0.0573 e. The van der Waals surface area contributed by atoms with Crippen molar-refractivity contribution in [3.05, 3.63) is 0 Å². The molecule has 0 bridgehead atoms. The molecule has 0 amide bonds. The summed E-state index contributed by atoms with van der Waals surface area (Å²) in [4.78, 5) is 0. The van der Waals surface area contributed by atoms with Crippen LogP contribution in [0.1, 0.15) is 46.5 Å². The van der Waals surface area contributed by atoms with E-state index in [0.717, 1.165) is 18.4 Å². The van der Waals surface area contributed by atoms with Crippen LogP contribution < -0.4 is 5.32 Å². The number of terminal acetylenes is 1. The standard InChI is InChI=1S/C13H25N/c1-5-10-14-11-9-13(4)8-6-7-12(2)3/h1,12-14H,6-11H2,2-4H3. The van der Waals surface area contributed by atoms with Gasteiger partial charge in [-0.1, -0.05) is 46.0 Å². The zero-order chi connectivity index (χ0) is 10.8. The summed E-state index contributed by atoms with van der Waals surface area (Å²) >= 11 is 0. The summed E-state index contributed by atoms with van der Waals surface area (Å²) in [5.74, 6) is 4.27. The van der Waals surface area contributed by atoms with Gasteiger partial charge < -0.3 is 5.32 Å². The molecular formula is C13H25N. The van der Waals surface area contributed by atoms with Crippen LogP contribution in [-0.2, 0) is 0 Å². The fourth-order valence-corrected chi connectivity index (χ4v) is 1.53. The quantitative estimate of drug-likeness (QED) is 0.463. The molecule has 0 saturated carbocycles. The normalized spacial score (nSPS) is 12.8. The van der Waals surface area contributed by atoms with Crippen LogP contribution >= 0.6 is 0 Å². The summed E-state index contributed by atoms with van der Waals surface area (Å²) in [6.45, 7) is 8.68. The lowest BCUT2D eigenvalue weighted by Gasteiger charge is -2.11. The van der Waals surface area contributed by atoms with Gasteiger partial charge in [0, 0.05) is 0 Å². The van der Waals surface area contributed by atoms with E-state index in [9.17, 15) is 0 Å². The molecule has 0 aromatic carbocycles. The smallest absolute Gasteiger partial charge is 0.0573 e. The largest absolute Gasteiger partial charge is 0.306 e. The summed E-state index contributed by atoms with van der Waals surface area (Å²) in [6.07, 6.45) is 10.5. The Balaban J connectivity index is 3.20. The highest BCUT2D eigenvalue weighted by molar-refractivity contribution is 4.86. The molecule has 0 saturated heterocycles. The molecule has 82 valence electrons.